The summed E-state index contributed by atoms with van der Waals surface area (Å²) in [6.45, 7) is 0.196. The molecule has 4 rings (SSSR count). The number of hydrogen-bond acceptors (Lipinski definition) is 12. The summed E-state index contributed by atoms with van der Waals surface area (Å²) in [7, 11) is 0. The highest BCUT2D eigenvalue weighted by molar-refractivity contribution is 6.33. The zero-order chi connectivity index (χ0) is 27.7. The minimum absolute atomic E-state index is 0.00489. The van der Waals surface area contributed by atoms with Crippen LogP contribution in [0.1, 0.15) is 12.8 Å². The van der Waals surface area contributed by atoms with Gasteiger partial charge in [0, 0.05) is 37.1 Å². The fourth-order valence-electron chi connectivity index (χ4n) is 3.87. The number of nitrogens with one attached hydrogen (secondary N) is 4. The number of nitrogens with zero attached hydrogens (tertiary/aromatic N) is 4. The predicted octanol–water partition coefficient (Wildman–Crippen LogP) is 1.26. The molecule has 0 spiro atoms. The Morgan fingerprint density at radius 2 is 1.16 bits per heavy atom. The molecular weight excluding hydrogens is 539 g/mol. The molecule has 2 aliphatic carbocycles. The summed E-state index contributed by atoms with van der Waals surface area (Å²) in [5.41, 5.74) is 11.6. The van der Waals surface area contributed by atoms with E-state index in [1.165, 1.54) is 0 Å². The van der Waals surface area contributed by atoms with E-state index >= 15 is 0 Å². The van der Waals surface area contributed by atoms with Gasteiger partial charge in [0.2, 0.25) is 24.7 Å². The smallest absolute Gasteiger partial charge is 0.223 e. The van der Waals surface area contributed by atoms with E-state index in [-0.39, 0.29) is 70.7 Å². The quantitative estimate of drug-likeness (QED) is 0.115. The molecule has 38 heavy (non-hydrogen) atoms. The molecule has 4 atom stereocenters. The van der Waals surface area contributed by atoms with Gasteiger partial charge in [0.15, 0.2) is 21.9 Å². The maximum Gasteiger partial charge on any atom is 0.223 e. The van der Waals surface area contributed by atoms with Crippen LogP contribution in [-0.4, -0.2) is 68.3 Å². The molecule has 14 nitrogen and oxygen atoms in total. The molecule has 2 aliphatic rings. The van der Waals surface area contributed by atoms with E-state index in [4.69, 9.17) is 44.9 Å². The average Bonchev–Trinajstić information content (AvgIpc) is 3.53. The van der Waals surface area contributed by atoms with E-state index in [2.05, 4.69) is 41.2 Å². The topological polar surface area (TPSA) is 226 Å². The molecule has 0 fully saturated rings. The number of nitrogen functional groups attached to an aromatic ring is 2. The SMILES string of the molecule is Nc1nc(Cl)c(NC=O)c(NC2C=C[C@@H](CO)C2)n1.Nc1nc(Cl)c(NC=O)c(NC2C=C[C@H](CO)C2)n1. The molecule has 10 N–H and O–H groups in total. The van der Waals surface area contributed by atoms with Crippen LogP contribution in [-0.2, 0) is 9.59 Å². The van der Waals surface area contributed by atoms with Crippen molar-refractivity contribution in [2.75, 3.05) is 45.9 Å². The Kier molecular flexibility index (Phi) is 10.4. The number of aromatic nitrogens is 4. The number of carbonyl (C=O) groups is 2. The minimum Gasteiger partial charge on any atom is -0.396 e. The van der Waals surface area contributed by atoms with Crippen LogP contribution in [0.25, 0.3) is 0 Å². The first-order valence-electron chi connectivity index (χ1n) is 11.5. The van der Waals surface area contributed by atoms with Crippen LogP contribution >= 0.6 is 23.2 Å². The van der Waals surface area contributed by atoms with Crippen LogP contribution < -0.4 is 32.7 Å². The first kappa shape index (κ1) is 28.8. The van der Waals surface area contributed by atoms with Gasteiger partial charge < -0.3 is 42.9 Å². The van der Waals surface area contributed by atoms with Crippen LogP contribution in [0.2, 0.25) is 10.3 Å². The van der Waals surface area contributed by atoms with Gasteiger partial charge in [-0.1, -0.05) is 47.5 Å². The van der Waals surface area contributed by atoms with Crippen molar-refractivity contribution in [2.45, 2.75) is 24.9 Å². The average molecular weight is 567 g/mol. The van der Waals surface area contributed by atoms with Crippen molar-refractivity contribution in [3.05, 3.63) is 34.6 Å². The fraction of sp³-hybridized carbons (Fsp3) is 0.364. The summed E-state index contributed by atoms with van der Waals surface area (Å²) in [5, 5.41) is 29.4. The first-order chi connectivity index (χ1) is 18.3. The number of carbonyl (C=O) groups excluding carboxylic acids is 2. The van der Waals surface area contributed by atoms with Crippen molar-refractivity contribution in [2.24, 2.45) is 11.8 Å². The van der Waals surface area contributed by atoms with Crippen LogP contribution in [0.4, 0.5) is 34.9 Å². The van der Waals surface area contributed by atoms with Gasteiger partial charge in [-0.05, 0) is 12.8 Å². The molecule has 0 saturated heterocycles. The number of amides is 2. The van der Waals surface area contributed by atoms with Gasteiger partial charge in [-0.3, -0.25) is 9.59 Å². The molecular formula is C22H28Cl2N10O4. The highest BCUT2D eigenvalue weighted by Gasteiger charge is 2.22. The number of anilines is 6. The Balaban J connectivity index is 0.000000211. The van der Waals surface area contributed by atoms with Crippen molar-refractivity contribution in [1.82, 2.24) is 19.9 Å². The molecule has 2 amide bonds. The van der Waals surface area contributed by atoms with E-state index in [9.17, 15) is 9.59 Å². The van der Waals surface area contributed by atoms with E-state index in [0.29, 0.717) is 24.5 Å². The fourth-order valence-corrected chi connectivity index (χ4v) is 4.33. The molecule has 0 aliphatic heterocycles. The summed E-state index contributed by atoms with van der Waals surface area (Å²) < 4.78 is 0. The second-order valence-corrected chi connectivity index (χ2v) is 9.06. The van der Waals surface area contributed by atoms with Gasteiger partial charge in [0.25, 0.3) is 0 Å². The van der Waals surface area contributed by atoms with E-state index in [1.54, 1.807) is 0 Å². The second kappa shape index (κ2) is 13.7. The van der Waals surface area contributed by atoms with Gasteiger partial charge in [-0.25, -0.2) is 0 Å². The molecule has 204 valence electrons. The van der Waals surface area contributed by atoms with E-state index < -0.39 is 0 Å². The van der Waals surface area contributed by atoms with Crippen molar-refractivity contribution >= 4 is 70.9 Å². The van der Waals surface area contributed by atoms with Gasteiger partial charge in [-0.2, -0.15) is 19.9 Å². The molecule has 0 radical (unpaired) electrons. The van der Waals surface area contributed by atoms with Crippen molar-refractivity contribution in [3.63, 3.8) is 0 Å². The summed E-state index contributed by atoms with van der Waals surface area (Å²) in [5.74, 6) is 0.995. The number of halogens is 2. The van der Waals surface area contributed by atoms with Crippen LogP contribution in [0, 0.1) is 11.8 Å². The van der Waals surface area contributed by atoms with Crippen LogP contribution in [0.3, 0.4) is 0 Å². The van der Waals surface area contributed by atoms with Crippen molar-refractivity contribution in [3.8, 4) is 0 Å². The monoisotopic (exact) mass is 566 g/mol. The summed E-state index contributed by atoms with van der Waals surface area (Å²) in [6, 6.07) is -0.00978. The van der Waals surface area contributed by atoms with Gasteiger partial charge in [0.05, 0.1) is 0 Å². The number of nitrogens with two attached hydrogens (primary N) is 2. The summed E-state index contributed by atoms with van der Waals surface area (Å²) in [6.07, 6.45) is 10.2. The lowest BCUT2D eigenvalue weighted by molar-refractivity contribution is -0.106. The summed E-state index contributed by atoms with van der Waals surface area (Å²) in [4.78, 5) is 36.7. The standard InChI is InChI=1S/2C11H14ClN5O2/c2*12-9-8(14-5-19)10(17-11(13)16-9)15-7-2-1-6(3-7)4-18/h2*1-2,5-7,18H,3-4H2,(H,14,19)(H3,13,15,16,17)/t2*6-,7?/m10/s1. The molecule has 16 heteroatoms. The highest BCUT2D eigenvalue weighted by atomic mass is 35.5. The normalized spacial score (nSPS) is 21.4. The van der Waals surface area contributed by atoms with E-state index in [1.807, 2.05) is 24.3 Å². The van der Waals surface area contributed by atoms with Crippen molar-refractivity contribution in [1.29, 1.82) is 0 Å². The Morgan fingerprint density at radius 1 is 0.763 bits per heavy atom. The number of hydrogen-bond donors (Lipinski definition) is 8. The minimum atomic E-state index is -0.00489. The lowest BCUT2D eigenvalue weighted by atomic mass is 10.1. The molecule has 2 aromatic rings. The molecule has 2 heterocycles. The lowest BCUT2D eigenvalue weighted by Crippen LogP contribution is -2.19. The number of aliphatic hydroxyl groups excluding tert-OH is 2. The third-order valence-corrected chi connectivity index (χ3v) is 6.18. The largest absolute Gasteiger partial charge is 0.396 e. The zero-order valence-corrected chi connectivity index (χ0v) is 21.5. The second-order valence-electron chi connectivity index (χ2n) is 8.34. The number of aliphatic hydroxyl groups is 2. The van der Waals surface area contributed by atoms with Gasteiger partial charge in [0.1, 0.15) is 11.4 Å². The Morgan fingerprint density at radius 3 is 1.47 bits per heavy atom. The zero-order valence-electron chi connectivity index (χ0n) is 20.0. The van der Waals surface area contributed by atoms with Crippen molar-refractivity contribution < 1.29 is 19.8 Å². The summed E-state index contributed by atoms with van der Waals surface area (Å²) >= 11 is 11.8. The van der Waals surface area contributed by atoms with Gasteiger partial charge >= 0.3 is 0 Å². The maximum atomic E-state index is 10.6. The van der Waals surface area contributed by atoms with Crippen LogP contribution in [0.5, 0.6) is 0 Å². The molecule has 0 bridgehead atoms. The molecule has 0 aromatic carbocycles. The predicted molar refractivity (Wildman–Crippen MR) is 146 cm³/mol. The molecule has 2 aromatic heterocycles. The molecule has 2 unspecified atom stereocenters. The van der Waals surface area contributed by atoms with E-state index in [0.717, 1.165) is 12.8 Å². The Labute approximate surface area is 227 Å². The van der Waals surface area contributed by atoms with Gasteiger partial charge in [-0.15, -0.1) is 0 Å². The number of rotatable bonds is 10. The lowest BCUT2D eigenvalue weighted by Gasteiger charge is -2.16. The first-order valence-corrected chi connectivity index (χ1v) is 12.2. The highest BCUT2D eigenvalue weighted by Crippen LogP contribution is 2.31. The molecule has 0 saturated carbocycles. The third kappa shape index (κ3) is 7.64. The third-order valence-electron chi connectivity index (χ3n) is 5.63. The maximum absolute atomic E-state index is 10.6. The Hall–Kier alpha value is -3.72. The Bertz CT molecular complexity index is 1110. The van der Waals surface area contributed by atoms with Crippen LogP contribution in [0.15, 0.2) is 24.3 Å².